The molecule has 1 N–H and O–H groups in total. The fraction of sp³-hybridized carbons (Fsp3) is 0.519. The van der Waals surface area contributed by atoms with E-state index in [0.717, 1.165) is 12.1 Å². The molecular weight excluding hydrogens is 488 g/mol. The number of cyclic esters (lactones) is 1. The lowest BCUT2D eigenvalue weighted by Crippen LogP contribution is -2.59. The largest absolute Gasteiger partial charge is 0.461 e. The highest BCUT2D eigenvalue weighted by Crippen LogP contribution is 2.56. The zero-order chi connectivity index (χ0) is 25.9. The van der Waals surface area contributed by atoms with Crippen LogP contribution in [0.5, 0.6) is 0 Å². The molecule has 6 nitrogen and oxygen atoms in total. The summed E-state index contributed by atoms with van der Waals surface area (Å²) in [5.74, 6) is -1.79. The van der Waals surface area contributed by atoms with Crippen molar-refractivity contribution in [1.82, 2.24) is 4.31 Å². The minimum absolute atomic E-state index is 0.0509. The second-order valence-electron chi connectivity index (χ2n) is 10.9. The second kappa shape index (κ2) is 8.89. The molecule has 0 radical (unpaired) electrons. The van der Waals surface area contributed by atoms with Crippen LogP contribution >= 0.6 is 0 Å². The van der Waals surface area contributed by atoms with Gasteiger partial charge in [0.05, 0.1) is 5.60 Å². The van der Waals surface area contributed by atoms with Crippen molar-refractivity contribution in [3.8, 4) is 0 Å². The molecule has 36 heavy (non-hydrogen) atoms. The summed E-state index contributed by atoms with van der Waals surface area (Å²) in [4.78, 5) is 11.8. The molecule has 2 heterocycles. The molecule has 9 heteroatoms. The van der Waals surface area contributed by atoms with Gasteiger partial charge in [-0.2, -0.15) is 4.31 Å². The van der Waals surface area contributed by atoms with Crippen molar-refractivity contribution in [3.05, 3.63) is 70.8 Å². The fourth-order valence-electron chi connectivity index (χ4n) is 6.42. The molecule has 0 bridgehead atoms. The Balaban J connectivity index is 1.46. The van der Waals surface area contributed by atoms with Gasteiger partial charge in [0.25, 0.3) is 0 Å². The van der Waals surface area contributed by atoms with E-state index in [1.807, 2.05) is 6.07 Å². The normalized spacial score (nSPS) is 34.2. The molecule has 1 aliphatic carbocycles. The van der Waals surface area contributed by atoms with Crippen LogP contribution in [0.25, 0.3) is 0 Å². The van der Waals surface area contributed by atoms with Gasteiger partial charge in [-0.3, -0.25) is 4.79 Å². The fourth-order valence-corrected chi connectivity index (χ4v) is 8.61. The Hall–Kier alpha value is -2.36. The average Bonchev–Trinajstić information content (AvgIpc) is 3.23. The minimum Gasteiger partial charge on any atom is -0.461 e. The topological polar surface area (TPSA) is 83.9 Å². The molecule has 0 amide bonds. The molecule has 0 spiro atoms. The van der Waals surface area contributed by atoms with Crippen LogP contribution in [0.1, 0.15) is 74.3 Å². The predicted octanol–water partition coefficient (Wildman–Crippen LogP) is 4.51. The summed E-state index contributed by atoms with van der Waals surface area (Å²) in [5, 5.41) is 9.71. The summed E-state index contributed by atoms with van der Waals surface area (Å²) >= 11 is 0. The van der Waals surface area contributed by atoms with E-state index in [1.165, 1.54) is 4.31 Å². The number of benzene rings is 2. The number of nitrogens with zero attached hydrogens (tertiary/aromatic N) is 1. The highest BCUT2D eigenvalue weighted by molar-refractivity contribution is 7.89. The smallest absolute Gasteiger partial charge is 0.306 e. The Bertz CT molecular complexity index is 1270. The van der Waals surface area contributed by atoms with E-state index >= 15 is 8.78 Å². The van der Waals surface area contributed by atoms with Crippen molar-refractivity contribution in [3.63, 3.8) is 0 Å². The maximum absolute atomic E-state index is 15.6. The van der Waals surface area contributed by atoms with Crippen LogP contribution in [-0.4, -0.2) is 41.5 Å². The quantitative estimate of drug-likeness (QED) is 0.588. The van der Waals surface area contributed by atoms with Crippen LogP contribution in [0, 0.1) is 11.6 Å². The number of hydrogen-bond acceptors (Lipinski definition) is 5. The van der Waals surface area contributed by atoms with Crippen molar-refractivity contribution in [2.24, 2.45) is 0 Å². The summed E-state index contributed by atoms with van der Waals surface area (Å²) < 4.78 is 64.8. The van der Waals surface area contributed by atoms with Gasteiger partial charge in [-0.15, -0.1) is 0 Å². The number of halogens is 2. The van der Waals surface area contributed by atoms with Crippen LogP contribution < -0.4 is 0 Å². The number of ether oxygens (including phenoxy) is 1. The van der Waals surface area contributed by atoms with Crippen molar-refractivity contribution in [2.75, 3.05) is 0 Å². The first-order chi connectivity index (χ1) is 16.9. The molecule has 0 unspecified atom stereocenters. The van der Waals surface area contributed by atoms with Gasteiger partial charge in [0.2, 0.25) is 10.0 Å². The number of rotatable bonds is 5. The number of sulfonamides is 1. The highest BCUT2D eigenvalue weighted by Gasteiger charge is 2.60. The van der Waals surface area contributed by atoms with Gasteiger partial charge in [-0.05, 0) is 63.6 Å². The van der Waals surface area contributed by atoms with Gasteiger partial charge in [-0.1, -0.05) is 30.3 Å². The summed E-state index contributed by atoms with van der Waals surface area (Å²) in [7, 11) is -3.81. The first-order valence-corrected chi connectivity index (χ1v) is 13.9. The van der Waals surface area contributed by atoms with Crippen LogP contribution in [0.15, 0.2) is 42.5 Å². The zero-order valence-corrected chi connectivity index (χ0v) is 21.2. The molecule has 3 fully saturated rings. The maximum atomic E-state index is 15.6. The number of carbonyl (C=O) groups is 1. The third kappa shape index (κ3) is 4.25. The van der Waals surface area contributed by atoms with Crippen molar-refractivity contribution in [2.45, 2.75) is 87.3 Å². The van der Waals surface area contributed by atoms with E-state index in [2.05, 4.69) is 0 Å². The standard InChI is InChI=1S/C27H31F2NO5S/c1-17-8-9-23(18-6-4-3-5-7-18)36(33,34)30(17)14-19-12-22(29)20(13-21(19)28)27(15-26(2,32)16-27)24-10-11-25(31)35-24/h3-7,12-13,17,23-24,32H,8-11,14-16H2,1-2H3/t17-,23+,24+,26?,27?/m0/s1. The van der Waals surface area contributed by atoms with E-state index in [4.69, 9.17) is 4.74 Å². The Labute approximate surface area is 210 Å². The van der Waals surface area contributed by atoms with Gasteiger partial charge in [0.15, 0.2) is 0 Å². The maximum Gasteiger partial charge on any atom is 0.306 e. The summed E-state index contributed by atoms with van der Waals surface area (Å²) in [6.45, 7) is 3.12. The van der Waals surface area contributed by atoms with Gasteiger partial charge < -0.3 is 9.84 Å². The van der Waals surface area contributed by atoms with E-state index < -0.39 is 44.0 Å². The average molecular weight is 520 g/mol. The summed E-state index contributed by atoms with van der Waals surface area (Å²) in [6.07, 6.45) is 1.29. The monoisotopic (exact) mass is 519 g/mol. The SMILES string of the molecule is C[C@H]1CC[C@H](c2ccccc2)S(=O)(=O)N1Cc1cc(F)c(C2([C@H]3CCC(=O)O3)CC(C)(O)C2)cc1F. The number of esters is 1. The van der Waals surface area contributed by atoms with E-state index in [1.54, 1.807) is 38.1 Å². The Morgan fingerprint density at radius 2 is 1.78 bits per heavy atom. The summed E-state index contributed by atoms with van der Waals surface area (Å²) in [5.41, 5.74) is -1.39. The predicted molar refractivity (Wildman–Crippen MR) is 129 cm³/mol. The van der Waals surface area contributed by atoms with Crippen molar-refractivity contribution in [1.29, 1.82) is 0 Å². The van der Waals surface area contributed by atoms with Crippen molar-refractivity contribution >= 4 is 16.0 Å². The van der Waals surface area contributed by atoms with Gasteiger partial charge in [-0.25, -0.2) is 17.2 Å². The number of hydrogen-bond donors (Lipinski definition) is 1. The molecule has 2 aromatic rings. The second-order valence-corrected chi connectivity index (χ2v) is 12.9. The third-order valence-corrected chi connectivity index (χ3v) is 10.5. The molecule has 2 saturated heterocycles. The zero-order valence-electron chi connectivity index (χ0n) is 20.4. The lowest BCUT2D eigenvalue weighted by atomic mass is 9.53. The van der Waals surface area contributed by atoms with Gasteiger partial charge in [0.1, 0.15) is 23.0 Å². The molecule has 3 atom stereocenters. The van der Waals surface area contributed by atoms with Gasteiger partial charge in [0, 0.05) is 35.5 Å². The van der Waals surface area contributed by atoms with Crippen LogP contribution in [0.4, 0.5) is 8.78 Å². The van der Waals surface area contributed by atoms with Gasteiger partial charge >= 0.3 is 5.97 Å². The first kappa shape index (κ1) is 25.3. The third-order valence-electron chi connectivity index (χ3n) is 8.09. The Kier molecular flexibility index (Phi) is 6.24. The van der Waals surface area contributed by atoms with E-state index in [9.17, 15) is 18.3 Å². The molecule has 2 aliphatic heterocycles. The molecule has 1 saturated carbocycles. The van der Waals surface area contributed by atoms with Crippen LogP contribution in [-0.2, 0) is 31.5 Å². The van der Waals surface area contributed by atoms with Crippen molar-refractivity contribution < 1.29 is 31.8 Å². The first-order valence-electron chi connectivity index (χ1n) is 12.4. The number of carbonyl (C=O) groups excluding carboxylic acids is 1. The summed E-state index contributed by atoms with van der Waals surface area (Å²) in [6, 6.07) is 10.7. The molecule has 3 aliphatic rings. The van der Waals surface area contributed by atoms with Crippen LogP contribution in [0.3, 0.4) is 0 Å². The molecule has 5 rings (SSSR count). The molecule has 194 valence electrons. The van der Waals surface area contributed by atoms with Crippen LogP contribution in [0.2, 0.25) is 0 Å². The van der Waals surface area contributed by atoms with E-state index in [0.29, 0.717) is 24.8 Å². The highest BCUT2D eigenvalue weighted by atomic mass is 32.2. The Morgan fingerprint density at radius 3 is 2.39 bits per heavy atom. The minimum atomic E-state index is -3.81. The lowest BCUT2D eigenvalue weighted by molar-refractivity contribution is -0.157. The Morgan fingerprint density at radius 1 is 1.08 bits per heavy atom. The van der Waals surface area contributed by atoms with E-state index in [-0.39, 0.29) is 48.9 Å². The number of aliphatic hydroxyl groups is 1. The molecular formula is C27H31F2NO5S. The molecule has 2 aromatic carbocycles. The molecule has 0 aromatic heterocycles. The lowest BCUT2D eigenvalue weighted by Gasteiger charge is -2.54.